The molecule has 2 unspecified atom stereocenters. The van der Waals surface area contributed by atoms with Gasteiger partial charge in [-0.3, -0.25) is 0 Å². The molecule has 11 heavy (non-hydrogen) atoms. The molecule has 0 aliphatic carbocycles. The zero-order valence-electron chi connectivity index (χ0n) is 8.43. The van der Waals surface area contributed by atoms with E-state index in [2.05, 4.69) is 44.0 Å². The van der Waals surface area contributed by atoms with Gasteiger partial charge in [0.1, 0.15) is 16.3 Å². The fraction of sp³-hybridized carbons (Fsp3) is 1.00. The van der Waals surface area contributed by atoms with Crippen molar-refractivity contribution >= 4 is 16.3 Å². The summed E-state index contributed by atoms with van der Waals surface area (Å²) in [5.41, 5.74) is 0. The van der Waals surface area contributed by atoms with Gasteiger partial charge in [-0.15, -0.1) is 5.28 Å². The zero-order chi connectivity index (χ0) is 8.85. The minimum atomic E-state index is 0.891. The molecule has 0 aromatic heterocycles. The maximum absolute atomic E-state index is 2.89. The summed E-state index contributed by atoms with van der Waals surface area (Å²) < 4.78 is 0. The van der Waals surface area contributed by atoms with Gasteiger partial charge >= 0.3 is 0 Å². The highest BCUT2D eigenvalue weighted by Gasteiger charge is 2.18. The highest BCUT2D eigenvalue weighted by Crippen LogP contribution is 2.28. The van der Waals surface area contributed by atoms with Gasteiger partial charge in [-0.2, -0.15) is 0 Å². The van der Waals surface area contributed by atoms with Crippen LogP contribution in [0.4, 0.5) is 0 Å². The Morgan fingerprint density at radius 2 is 1.36 bits per heavy atom. The molecule has 0 heterocycles. The third kappa shape index (κ3) is 3.63. The quantitative estimate of drug-likeness (QED) is 0.553. The smallest absolute Gasteiger partial charge is 0.115 e. The first-order valence-electron chi connectivity index (χ1n) is 4.87. The van der Waals surface area contributed by atoms with Crippen molar-refractivity contribution in [3.63, 3.8) is 0 Å². The second-order valence-corrected chi connectivity index (χ2v) is 4.14. The largest absolute Gasteiger partial charge is 0.118 e. The van der Waals surface area contributed by atoms with Crippen molar-refractivity contribution in [2.75, 3.05) is 0 Å². The van der Waals surface area contributed by atoms with Gasteiger partial charge < -0.3 is 0 Å². The lowest BCUT2D eigenvalue weighted by Gasteiger charge is -2.27. The Morgan fingerprint density at radius 3 is 1.55 bits per heavy atom. The molecule has 0 aliphatic rings. The first-order valence-corrected chi connectivity index (χ1v) is 5.69. The van der Waals surface area contributed by atoms with E-state index in [0.29, 0.717) is 0 Å². The minimum absolute atomic E-state index is 0.891. The summed E-state index contributed by atoms with van der Waals surface area (Å²) in [6.07, 6.45) is 2.65. The molecule has 2 atom stereocenters. The Balaban J connectivity index is 3.92. The van der Waals surface area contributed by atoms with Gasteiger partial charge in [0.05, 0.1) is 0 Å². The fourth-order valence-electron chi connectivity index (χ4n) is 1.63. The van der Waals surface area contributed by atoms with Crippen molar-refractivity contribution in [1.29, 1.82) is 0 Å². The van der Waals surface area contributed by atoms with Crippen LogP contribution in [0.15, 0.2) is 0 Å². The molecule has 0 fully saturated rings. The first-order chi connectivity index (χ1) is 5.17. The van der Waals surface area contributed by atoms with Crippen molar-refractivity contribution < 1.29 is 0 Å². The van der Waals surface area contributed by atoms with Crippen LogP contribution in [-0.4, -0.2) is 16.3 Å². The standard InChI is InChI=1S/C10H21.Al/c1-6-8(3)10(5)9(4)7-2;/h8-10H,5-7H2,1-4H3;. The Bertz CT molecular complexity index is 80.9. The normalized spacial score (nSPS) is 19.3. The molecule has 64 valence electrons. The van der Waals surface area contributed by atoms with Crippen LogP contribution in [0.2, 0.25) is 5.28 Å². The van der Waals surface area contributed by atoms with Crippen LogP contribution < -0.4 is 0 Å². The van der Waals surface area contributed by atoms with Crippen LogP contribution in [0.3, 0.4) is 0 Å². The molecule has 2 radical (unpaired) electrons. The fourth-order valence-corrected chi connectivity index (χ4v) is 2.56. The summed E-state index contributed by atoms with van der Waals surface area (Å²) in [4.78, 5) is 0. The third-order valence-corrected chi connectivity index (χ3v) is 3.57. The third-order valence-electron chi connectivity index (χ3n) is 3.02. The molecule has 1 heteroatoms. The molecule has 0 saturated carbocycles. The topological polar surface area (TPSA) is 0 Å². The molecule has 0 aliphatic heterocycles. The molecule has 0 N–H and O–H groups in total. The van der Waals surface area contributed by atoms with E-state index >= 15 is 0 Å². The highest BCUT2D eigenvalue weighted by atomic mass is 27.0. The van der Waals surface area contributed by atoms with E-state index in [9.17, 15) is 0 Å². The van der Waals surface area contributed by atoms with E-state index in [1.807, 2.05) is 0 Å². The lowest BCUT2D eigenvalue weighted by Crippen LogP contribution is -2.18. The number of hydrogen-bond donors (Lipinski definition) is 0. The van der Waals surface area contributed by atoms with Gasteiger partial charge in [0, 0.05) is 0 Å². The maximum atomic E-state index is 2.89. The van der Waals surface area contributed by atoms with E-state index in [4.69, 9.17) is 0 Å². The Kier molecular flexibility index (Phi) is 6.39. The van der Waals surface area contributed by atoms with E-state index in [1.165, 1.54) is 18.1 Å². The second kappa shape index (κ2) is 6.09. The zero-order valence-corrected chi connectivity index (χ0v) is 9.59. The molecule has 0 spiro atoms. The molecule has 0 bridgehead atoms. The maximum Gasteiger partial charge on any atom is 0.118 e. The van der Waals surface area contributed by atoms with Crippen molar-refractivity contribution in [1.82, 2.24) is 0 Å². The summed E-state index contributed by atoms with van der Waals surface area (Å²) in [5.74, 6) is 2.69. The van der Waals surface area contributed by atoms with Crippen molar-refractivity contribution in [3.8, 4) is 0 Å². The Labute approximate surface area is 80.2 Å². The molecule has 0 aromatic rings. The summed E-state index contributed by atoms with van der Waals surface area (Å²) in [5, 5.41) is 1.27. The van der Waals surface area contributed by atoms with Gasteiger partial charge in [-0.1, -0.05) is 40.5 Å². The van der Waals surface area contributed by atoms with Gasteiger partial charge in [0.2, 0.25) is 0 Å². The molecule has 0 aromatic carbocycles. The van der Waals surface area contributed by atoms with Crippen molar-refractivity contribution in [2.24, 2.45) is 17.8 Å². The van der Waals surface area contributed by atoms with Crippen LogP contribution in [0.5, 0.6) is 0 Å². The highest BCUT2D eigenvalue weighted by molar-refractivity contribution is 6.08. The SMILES string of the molecule is CCC(C)C([CH2][Al])C(C)CC. The average Bonchev–Trinajstić information content (AvgIpc) is 2.05. The Morgan fingerprint density at radius 1 is 1.00 bits per heavy atom. The van der Waals surface area contributed by atoms with Gasteiger partial charge in [-0.25, -0.2) is 0 Å². The van der Waals surface area contributed by atoms with Crippen LogP contribution in [0.25, 0.3) is 0 Å². The molecule has 0 rings (SSSR count). The average molecular weight is 168 g/mol. The van der Waals surface area contributed by atoms with E-state index < -0.39 is 0 Å². The van der Waals surface area contributed by atoms with E-state index in [-0.39, 0.29) is 0 Å². The molecule has 0 nitrogen and oxygen atoms in total. The van der Waals surface area contributed by atoms with Crippen molar-refractivity contribution in [2.45, 2.75) is 45.8 Å². The lowest BCUT2D eigenvalue weighted by molar-refractivity contribution is 0.267. The van der Waals surface area contributed by atoms with Crippen LogP contribution in [-0.2, 0) is 0 Å². The minimum Gasteiger partial charge on any atom is -0.115 e. The predicted molar refractivity (Wildman–Crippen MR) is 53.0 cm³/mol. The number of hydrogen-bond acceptors (Lipinski definition) is 0. The van der Waals surface area contributed by atoms with Crippen LogP contribution in [0, 0.1) is 17.8 Å². The summed E-state index contributed by atoms with van der Waals surface area (Å²) in [6, 6.07) is 0. The van der Waals surface area contributed by atoms with E-state index in [0.717, 1.165) is 17.8 Å². The summed E-state index contributed by atoms with van der Waals surface area (Å²) in [6.45, 7) is 9.34. The summed E-state index contributed by atoms with van der Waals surface area (Å²) >= 11 is 2.89. The summed E-state index contributed by atoms with van der Waals surface area (Å²) in [7, 11) is 0. The monoisotopic (exact) mass is 168 g/mol. The van der Waals surface area contributed by atoms with E-state index in [1.54, 1.807) is 0 Å². The van der Waals surface area contributed by atoms with Crippen molar-refractivity contribution in [3.05, 3.63) is 0 Å². The molecular formula is C10H21Al. The molecular weight excluding hydrogens is 147 g/mol. The first kappa shape index (κ1) is 11.5. The van der Waals surface area contributed by atoms with Crippen LogP contribution >= 0.6 is 0 Å². The second-order valence-electron chi connectivity index (χ2n) is 3.67. The van der Waals surface area contributed by atoms with Crippen LogP contribution in [0.1, 0.15) is 40.5 Å². The Hall–Kier alpha value is 0.532. The molecule has 0 saturated heterocycles. The number of rotatable bonds is 5. The molecule has 0 amide bonds. The lowest BCUT2D eigenvalue weighted by atomic mass is 9.82. The predicted octanol–water partition coefficient (Wildman–Crippen LogP) is 3.28. The van der Waals surface area contributed by atoms with Gasteiger partial charge in [-0.05, 0) is 17.8 Å². The van der Waals surface area contributed by atoms with Gasteiger partial charge in [0.15, 0.2) is 0 Å². The van der Waals surface area contributed by atoms with Gasteiger partial charge in [0.25, 0.3) is 0 Å².